The maximum atomic E-state index is 12.5. The topological polar surface area (TPSA) is 60.9 Å². The lowest BCUT2D eigenvalue weighted by Crippen LogP contribution is -2.47. The first-order valence-electron chi connectivity index (χ1n) is 10.9. The summed E-state index contributed by atoms with van der Waals surface area (Å²) in [6, 6.07) is 21.1. The highest BCUT2D eigenvalue weighted by atomic mass is 16.4. The Bertz CT molecular complexity index is 756. The molecule has 0 saturated carbocycles. The van der Waals surface area contributed by atoms with Gasteiger partial charge in [0.05, 0.1) is 0 Å². The third-order valence-corrected chi connectivity index (χ3v) is 5.39. The van der Waals surface area contributed by atoms with Crippen LogP contribution in [-0.4, -0.2) is 47.6 Å². The molecule has 0 aromatic heterocycles. The number of carbonyl (C=O) groups excluding carboxylic acids is 1. The normalized spacial score (nSPS) is 14.5. The summed E-state index contributed by atoms with van der Waals surface area (Å²) in [6.45, 7) is 6.79. The van der Waals surface area contributed by atoms with Gasteiger partial charge in [-0.3, -0.25) is 9.59 Å². The number of carbonyl (C=O) groups is 2. The van der Waals surface area contributed by atoms with Crippen LogP contribution in [-0.2, 0) is 16.0 Å². The number of hydrogen-bond acceptors (Lipinski definition) is 3. The lowest BCUT2D eigenvalue weighted by Gasteiger charge is -2.38. The standard InChI is InChI=1S/C22H28N2O.C3H6O2/c1-2-22(25)24(20-11-7-4-8-12-20)21-14-17-23(18-15-21)16-13-19-9-5-3-6-10-19;1-2-3(4)5/h3-12,21H,2,13-18H2,1H3;2H2,1H3,(H,4,5). The van der Waals surface area contributed by atoms with Crippen molar-refractivity contribution in [3.8, 4) is 0 Å². The summed E-state index contributed by atoms with van der Waals surface area (Å²) in [6.07, 6.45) is 3.98. The fourth-order valence-corrected chi connectivity index (χ4v) is 3.65. The summed E-state index contributed by atoms with van der Waals surface area (Å²) < 4.78 is 0. The molecule has 5 nitrogen and oxygen atoms in total. The van der Waals surface area contributed by atoms with Crippen molar-refractivity contribution >= 4 is 17.6 Å². The van der Waals surface area contributed by atoms with Crippen LogP contribution in [0.4, 0.5) is 5.69 Å². The molecule has 1 aliphatic heterocycles. The molecule has 0 radical (unpaired) electrons. The van der Waals surface area contributed by atoms with Gasteiger partial charge in [0, 0.05) is 44.2 Å². The van der Waals surface area contributed by atoms with E-state index in [1.54, 1.807) is 6.92 Å². The van der Waals surface area contributed by atoms with Crippen molar-refractivity contribution in [2.45, 2.75) is 52.0 Å². The summed E-state index contributed by atoms with van der Waals surface area (Å²) in [5, 5.41) is 7.72. The van der Waals surface area contributed by atoms with E-state index in [0.29, 0.717) is 12.5 Å². The molecule has 0 spiro atoms. The van der Waals surface area contributed by atoms with E-state index in [0.717, 1.165) is 44.6 Å². The van der Waals surface area contributed by atoms with Gasteiger partial charge in [0.25, 0.3) is 0 Å². The number of para-hydroxylation sites is 1. The number of carboxylic acids is 1. The quantitative estimate of drug-likeness (QED) is 0.724. The van der Waals surface area contributed by atoms with Crippen LogP contribution in [0.5, 0.6) is 0 Å². The average Bonchev–Trinajstić information content (AvgIpc) is 2.80. The Labute approximate surface area is 180 Å². The highest BCUT2D eigenvalue weighted by Gasteiger charge is 2.28. The molecule has 1 aliphatic rings. The minimum atomic E-state index is -0.745. The molecule has 0 atom stereocenters. The van der Waals surface area contributed by atoms with E-state index in [1.807, 2.05) is 30.0 Å². The molecule has 162 valence electrons. The summed E-state index contributed by atoms with van der Waals surface area (Å²) in [4.78, 5) is 26.5. The molecule has 5 heteroatoms. The first-order valence-corrected chi connectivity index (χ1v) is 10.9. The van der Waals surface area contributed by atoms with Crippen LogP contribution in [0, 0.1) is 0 Å². The van der Waals surface area contributed by atoms with Crippen molar-refractivity contribution in [1.82, 2.24) is 4.90 Å². The van der Waals surface area contributed by atoms with E-state index in [1.165, 1.54) is 5.56 Å². The van der Waals surface area contributed by atoms with Gasteiger partial charge in [-0.25, -0.2) is 0 Å². The molecule has 1 heterocycles. The van der Waals surface area contributed by atoms with Gasteiger partial charge in [-0.15, -0.1) is 0 Å². The smallest absolute Gasteiger partial charge is 0.303 e. The predicted molar refractivity (Wildman–Crippen MR) is 122 cm³/mol. The van der Waals surface area contributed by atoms with E-state index >= 15 is 0 Å². The number of piperidine rings is 1. The molecule has 2 aromatic rings. The largest absolute Gasteiger partial charge is 0.481 e. The number of hydrogen-bond donors (Lipinski definition) is 1. The molecule has 2 aromatic carbocycles. The monoisotopic (exact) mass is 410 g/mol. The Balaban J connectivity index is 0.000000575. The summed E-state index contributed by atoms with van der Waals surface area (Å²) in [5.41, 5.74) is 2.44. The number of rotatable bonds is 7. The third-order valence-electron chi connectivity index (χ3n) is 5.39. The maximum absolute atomic E-state index is 12.5. The van der Waals surface area contributed by atoms with Crippen molar-refractivity contribution in [1.29, 1.82) is 0 Å². The fraction of sp³-hybridized carbons (Fsp3) is 0.440. The molecule has 0 aliphatic carbocycles. The van der Waals surface area contributed by atoms with Gasteiger partial charge in [-0.05, 0) is 37.0 Å². The molecular weight excluding hydrogens is 376 g/mol. The van der Waals surface area contributed by atoms with Gasteiger partial charge in [0.1, 0.15) is 0 Å². The van der Waals surface area contributed by atoms with Gasteiger partial charge in [-0.2, -0.15) is 0 Å². The SMILES string of the molecule is CCC(=O)N(c1ccccc1)C1CCN(CCc2ccccc2)CC1.CCC(=O)O. The second-order valence-electron chi connectivity index (χ2n) is 7.51. The van der Waals surface area contributed by atoms with E-state index in [4.69, 9.17) is 5.11 Å². The van der Waals surface area contributed by atoms with Crippen LogP contribution in [0.3, 0.4) is 0 Å². The maximum Gasteiger partial charge on any atom is 0.303 e. The second kappa shape index (κ2) is 12.8. The lowest BCUT2D eigenvalue weighted by molar-refractivity contribution is -0.136. The highest BCUT2D eigenvalue weighted by molar-refractivity contribution is 5.93. The first-order chi connectivity index (χ1) is 14.5. The number of amides is 1. The van der Waals surface area contributed by atoms with E-state index in [-0.39, 0.29) is 12.3 Å². The van der Waals surface area contributed by atoms with Gasteiger partial charge < -0.3 is 14.9 Å². The van der Waals surface area contributed by atoms with Crippen LogP contribution < -0.4 is 4.90 Å². The molecule has 30 heavy (non-hydrogen) atoms. The van der Waals surface area contributed by atoms with Crippen molar-refractivity contribution in [2.75, 3.05) is 24.5 Å². The average molecular weight is 411 g/mol. The molecule has 1 N–H and O–H groups in total. The molecule has 0 bridgehead atoms. The molecule has 1 amide bonds. The zero-order valence-electron chi connectivity index (χ0n) is 18.2. The van der Waals surface area contributed by atoms with Gasteiger partial charge in [-0.1, -0.05) is 62.4 Å². The van der Waals surface area contributed by atoms with Gasteiger partial charge in [0.15, 0.2) is 0 Å². The minimum absolute atomic E-state index is 0.222. The van der Waals surface area contributed by atoms with E-state index in [9.17, 15) is 9.59 Å². The Morgan fingerprint density at radius 3 is 1.97 bits per heavy atom. The van der Waals surface area contributed by atoms with Crippen molar-refractivity contribution in [3.63, 3.8) is 0 Å². The number of carboxylic acid groups (broad SMARTS) is 1. The number of anilines is 1. The van der Waals surface area contributed by atoms with Crippen LogP contribution >= 0.6 is 0 Å². The summed E-state index contributed by atoms with van der Waals surface area (Å²) >= 11 is 0. The minimum Gasteiger partial charge on any atom is -0.481 e. The molecule has 1 saturated heterocycles. The lowest BCUT2D eigenvalue weighted by atomic mass is 10.0. The van der Waals surface area contributed by atoms with Crippen LogP contribution in [0.25, 0.3) is 0 Å². The molecule has 1 fully saturated rings. The number of nitrogens with zero attached hydrogens (tertiary/aromatic N) is 2. The Morgan fingerprint density at radius 1 is 0.933 bits per heavy atom. The molecule has 3 rings (SSSR count). The highest BCUT2D eigenvalue weighted by Crippen LogP contribution is 2.24. The number of benzene rings is 2. The van der Waals surface area contributed by atoms with Crippen molar-refractivity contribution in [3.05, 3.63) is 66.2 Å². The Kier molecular flexibility index (Phi) is 10.1. The summed E-state index contributed by atoms with van der Waals surface area (Å²) in [7, 11) is 0. The van der Waals surface area contributed by atoms with E-state index < -0.39 is 5.97 Å². The zero-order valence-corrected chi connectivity index (χ0v) is 18.2. The number of aliphatic carboxylic acids is 1. The third kappa shape index (κ3) is 7.64. The Hall–Kier alpha value is -2.66. The fourth-order valence-electron chi connectivity index (χ4n) is 3.65. The van der Waals surface area contributed by atoms with Gasteiger partial charge in [0.2, 0.25) is 5.91 Å². The second-order valence-corrected chi connectivity index (χ2v) is 7.51. The van der Waals surface area contributed by atoms with Crippen LogP contribution in [0.1, 0.15) is 45.1 Å². The van der Waals surface area contributed by atoms with Crippen LogP contribution in [0.15, 0.2) is 60.7 Å². The first kappa shape index (κ1) is 23.6. The predicted octanol–water partition coefficient (Wildman–Crippen LogP) is 4.62. The molecule has 0 unspecified atom stereocenters. The number of likely N-dealkylation sites (tertiary alicyclic amines) is 1. The van der Waals surface area contributed by atoms with E-state index in [2.05, 4.69) is 47.4 Å². The van der Waals surface area contributed by atoms with Crippen molar-refractivity contribution in [2.24, 2.45) is 0 Å². The van der Waals surface area contributed by atoms with Gasteiger partial charge >= 0.3 is 5.97 Å². The zero-order chi connectivity index (χ0) is 21.8. The van der Waals surface area contributed by atoms with Crippen molar-refractivity contribution < 1.29 is 14.7 Å². The Morgan fingerprint density at radius 2 is 1.47 bits per heavy atom. The van der Waals surface area contributed by atoms with Crippen LogP contribution in [0.2, 0.25) is 0 Å². The summed E-state index contributed by atoms with van der Waals surface area (Å²) in [5.74, 6) is -0.515. The molecular formula is C25H34N2O3.